The molecular formula is C16H19N3O3. The van der Waals surface area contributed by atoms with Crippen molar-refractivity contribution >= 4 is 17.4 Å². The minimum atomic E-state index is -0.211. The number of nitrogens with one attached hydrogen (secondary N) is 1. The van der Waals surface area contributed by atoms with Crippen molar-refractivity contribution in [2.45, 2.75) is 6.42 Å². The summed E-state index contributed by atoms with van der Waals surface area (Å²) in [6.45, 7) is 1.24. The number of ether oxygens (including phenoxy) is 2. The van der Waals surface area contributed by atoms with Gasteiger partial charge in [-0.05, 0) is 36.4 Å². The zero-order chi connectivity index (χ0) is 15.8. The second-order valence-corrected chi connectivity index (χ2v) is 4.65. The molecule has 0 saturated carbocycles. The highest BCUT2D eigenvalue weighted by Crippen LogP contribution is 2.14. The molecule has 2 aromatic rings. The van der Waals surface area contributed by atoms with E-state index in [1.807, 2.05) is 0 Å². The van der Waals surface area contributed by atoms with Crippen LogP contribution in [0.2, 0.25) is 0 Å². The van der Waals surface area contributed by atoms with E-state index in [4.69, 9.17) is 15.2 Å². The number of carbonyl (C=O) groups excluding carboxylic acids is 1. The lowest BCUT2D eigenvalue weighted by Crippen LogP contribution is -2.12. The normalized spacial score (nSPS) is 10.2. The molecule has 2 rings (SSSR count). The van der Waals surface area contributed by atoms with E-state index in [0.29, 0.717) is 30.3 Å². The third kappa shape index (κ3) is 4.75. The van der Waals surface area contributed by atoms with Crippen LogP contribution in [0.5, 0.6) is 5.75 Å². The van der Waals surface area contributed by atoms with Gasteiger partial charge in [-0.1, -0.05) is 0 Å². The van der Waals surface area contributed by atoms with Gasteiger partial charge in [0.1, 0.15) is 11.6 Å². The van der Waals surface area contributed by atoms with Crippen LogP contribution in [-0.2, 0) is 4.74 Å². The van der Waals surface area contributed by atoms with E-state index in [9.17, 15) is 4.79 Å². The number of carbonyl (C=O) groups is 1. The SMILES string of the molecule is COCCCOc1ccc(C(=O)Nc2ccc(N)nc2)cc1. The number of amides is 1. The molecule has 0 saturated heterocycles. The molecule has 116 valence electrons. The zero-order valence-corrected chi connectivity index (χ0v) is 12.4. The first-order valence-corrected chi connectivity index (χ1v) is 6.94. The largest absolute Gasteiger partial charge is 0.494 e. The van der Waals surface area contributed by atoms with Gasteiger partial charge in [0.2, 0.25) is 0 Å². The van der Waals surface area contributed by atoms with Crippen molar-refractivity contribution in [2.75, 3.05) is 31.4 Å². The second kappa shape index (κ2) is 7.99. The summed E-state index contributed by atoms with van der Waals surface area (Å²) in [5.41, 5.74) is 6.64. The third-order valence-corrected chi connectivity index (χ3v) is 2.92. The second-order valence-electron chi connectivity index (χ2n) is 4.65. The first kappa shape index (κ1) is 15.8. The Balaban J connectivity index is 1.89. The molecule has 0 atom stereocenters. The predicted molar refractivity (Wildman–Crippen MR) is 85.0 cm³/mol. The number of methoxy groups -OCH3 is 1. The third-order valence-electron chi connectivity index (χ3n) is 2.92. The average molecular weight is 301 g/mol. The van der Waals surface area contributed by atoms with Crippen LogP contribution in [0.25, 0.3) is 0 Å². The number of nitrogens with zero attached hydrogens (tertiary/aromatic N) is 1. The number of benzene rings is 1. The van der Waals surface area contributed by atoms with Crippen molar-refractivity contribution in [1.29, 1.82) is 0 Å². The van der Waals surface area contributed by atoms with Crippen LogP contribution in [0, 0.1) is 0 Å². The maximum absolute atomic E-state index is 12.1. The number of hydrogen-bond acceptors (Lipinski definition) is 5. The number of rotatable bonds is 7. The number of hydrogen-bond donors (Lipinski definition) is 2. The molecule has 6 heteroatoms. The molecule has 1 aromatic heterocycles. The minimum absolute atomic E-state index is 0.211. The molecule has 1 heterocycles. The summed E-state index contributed by atoms with van der Waals surface area (Å²) >= 11 is 0. The van der Waals surface area contributed by atoms with Gasteiger partial charge in [-0.2, -0.15) is 0 Å². The minimum Gasteiger partial charge on any atom is -0.494 e. The van der Waals surface area contributed by atoms with Crippen molar-refractivity contribution in [1.82, 2.24) is 4.98 Å². The van der Waals surface area contributed by atoms with Gasteiger partial charge >= 0.3 is 0 Å². The first-order valence-electron chi connectivity index (χ1n) is 6.94. The summed E-state index contributed by atoms with van der Waals surface area (Å²) in [4.78, 5) is 16.0. The van der Waals surface area contributed by atoms with E-state index < -0.39 is 0 Å². The van der Waals surface area contributed by atoms with E-state index in [2.05, 4.69) is 10.3 Å². The average Bonchev–Trinajstić information content (AvgIpc) is 2.54. The Morgan fingerprint density at radius 1 is 1.18 bits per heavy atom. The number of aromatic nitrogens is 1. The van der Waals surface area contributed by atoms with Crippen molar-refractivity contribution in [2.24, 2.45) is 0 Å². The van der Waals surface area contributed by atoms with E-state index >= 15 is 0 Å². The Morgan fingerprint density at radius 2 is 1.95 bits per heavy atom. The topological polar surface area (TPSA) is 86.5 Å². The van der Waals surface area contributed by atoms with Crippen LogP contribution in [0.4, 0.5) is 11.5 Å². The lowest BCUT2D eigenvalue weighted by atomic mass is 10.2. The summed E-state index contributed by atoms with van der Waals surface area (Å²) in [5, 5.41) is 2.75. The van der Waals surface area contributed by atoms with Gasteiger partial charge in [0.05, 0.1) is 18.5 Å². The smallest absolute Gasteiger partial charge is 0.255 e. The van der Waals surface area contributed by atoms with Gasteiger partial charge in [0.15, 0.2) is 0 Å². The van der Waals surface area contributed by atoms with E-state index in [1.165, 1.54) is 6.20 Å². The molecule has 0 radical (unpaired) electrons. The number of nitrogen functional groups attached to an aromatic ring is 1. The standard InChI is InChI=1S/C16H19N3O3/c1-21-9-2-10-22-14-6-3-12(4-7-14)16(20)19-13-5-8-15(17)18-11-13/h3-8,11H,2,9-10H2,1H3,(H2,17,18)(H,19,20). The predicted octanol–water partition coefficient (Wildman–Crippen LogP) is 2.33. The highest BCUT2D eigenvalue weighted by molar-refractivity contribution is 6.04. The maximum Gasteiger partial charge on any atom is 0.255 e. The molecule has 0 aliphatic carbocycles. The molecule has 22 heavy (non-hydrogen) atoms. The zero-order valence-electron chi connectivity index (χ0n) is 12.4. The Labute approximate surface area is 129 Å². The molecule has 3 N–H and O–H groups in total. The van der Waals surface area contributed by atoms with E-state index in [1.54, 1.807) is 43.5 Å². The fraction of sp³-hybridized carbons (Fsp3) is 0.250. The van der Waals surface area contributed by atoms with Crippen molar-refractivity contribution in [3.8, 4) is 5.75 Å². The highest BCUT2D eigenvalue weighted by Gasteiger charge is 2.06. The van der Waals surface area contributed by atoms with Crippen LogP contribution < -0.4 is 15.8 Å². The lowest BCUT2D eigenvalue weighted by Gasteiger charge is -2.08. The van der Waals surface area contributed by atoms with Gasteiger partial charge in [-0.15, -0.1) is 0 Å². The number of pyridine rings is 1. The summed E-state index contributed by atoms with van der Waals surface area (Å²) < 4.78 is 10.5. The molecule has 0 spiro atoms. The van der Waals surface area contributed by atoms with Gasteiger partial charge in [-0.3, -0.25) is 4.79 Å². The lowest BCUT2D eigenvalue weighted by molar-refractivity contribution is 0.102. The molecular weight excluding hydrogens is 282 g/mol. The van der Waals surface area contributed by atoms with Crippen molar-refractivity contribution < 1.29 is 14.3 Å². The molecule has 0 aliphatic rings. The molecule has 0 fully saturated rings. The number of nitrogens with two attached hydrogens (primary N) is 1. The Hall–Kier alpha value is -2.60. The fourth-order valence-electron chi connectivity index (χ4n) is 1.78. The van der Waals surface area contributed by atoms with Gasteiger partial charge in [0, 0.05) is 25.7 Å². The Kier molecular flexibility index (Phi) is 5.73. The summed E-state index contributed by atoms with van der Waals surface area (Å²) in [5.74, 6) is 0.923. The Morgan fingerprint density at radius 3 is 2.59 bits per heavy atom. The quantitative estimate of drug-likeness (QED) is 0.766. The van der Waals surface area contributed by atoms with Crippen LogP contribution in [0.1, 0.15) is 16.8 Å². The van der Waals surface area contributed by atoms with Gasteiger partial charge < -0.3 is 20.5 Å². The van der Waals surface area contributed by atoms with Crippen LogP contribution in [-0.4, -0.2) is 31.2 Å². The van der Waals surface area contributed by atoms with Crippen LogP contribution in [0.3, 0.4) is 0 Å². The molecule has 0 bridgehead atoms. The maximum atomic E-state index is 12.1. The molecule has 0 aliphatic heterocycles. The fourth-order valence-corrected chi connectivity index (χ4v) is 1.78. The van der Waals surface area contributed by atoms with Crippen LogP contribution >= 0.6 is 0 Å². The van der Waals surface area contributed by atoms with Gasteiger partial charge in [-0.25, -0.2) is 4.98 Å². The van der Waals surface area contributed by atoms with Crippen molar-refractivity contribution in [3.05, 3.63) is 48.2 Å². The van der Waals surface area contributed by atoms with E-state index in [-0.39, 0.29) is 5.91 Å². The summed E-state index contributed by atoms with van der Waals surface area (Å²) in [6.07, 6.45) is 2.34. The highest BCUT2D eigenvalue weighted by atomic mass is 16.5. The summed E-state index contributed by atoms with van der Waals surface area (Å²) in [6, 6.07) is 10.3. The number of anilines is 2. The van der Waals surface area contributed by atoms with E-state index in [0.717, 1.165) is 12.2 Å². The molecule has 6 nitrogen and oxygen atoms in total. The Bertz CT molecular complexity index is 597. The monoisotopic (exact) mass is 301 g/mol. The van der Waals surface area contributed by atoms with Crippen molar-refractivity contribution in [3.63, 3.8) is 0 Å². The van der Waals surface area contributed by atoms with Crippen LogP contribution in [0.15, 0.2) is 42.6 Å². The first-order chi connectivity index (χ1) is 10.7. The summed E-state index contributed by atoms with van der Waals surface area (Å²) in [7, 11) is 1.66. The van der Waals surface area contributed by atoms with Gasteiger partial charge in [0.25, 0.3) is 5.91 Å². The molecule has 0 unspecified atom stereocenters. The molecule has 1 aromatic carbocycles. The molecule has 1 amide bonds.